The molecule has 1 amide bonds. The van der Waals surface area contributed by atoms with E-state index in [0.717, 1.165) is 17.8 Å². The highest BCUT2D eigenvalue weighted by Crippen LogP contribution is 2.15. The standard InChI is InChI=1S/C13H17N5O/c1-3-10(15-2)11-5-4-9(8-16-11)18-7-6-12(17-18)13(14)19/h4-8,10,15H,3H2,1-2H3,(H2,14,19). The molecule has 1 unspecified atom stereocenters. The first kappa shape index (κ1) is 13.2. The average Bonchev–Trinajstić information content (AvgIpc) is 2.91. The maximum absolute atomic E-state index is 11.0. The highest BCUT2D eigenvalue weighted by atomic mass is 16.1. The molecule has 0 aliphatic carbocycles. The van der Waals surface area contributed by atoms with Crippen LogP contribution in [0.15, 0.2) is 30.6 Å². The quantitative estimate of drug-likeness (QED) is 0.840. The molecule has 0 saturated carbocycles. The number of amides is 1. The second-order valence-electron chi connectivity index (χ2n) is 4.20. The molecule has 2 aromatic rings. The Morgan fingerprint density at radius 3 is 2.74 bits per heavy atom. The number of pyridine rings is 1. The second kappa shape index (κ2) is 5.62. The summed E-state index contributed by atoms with van der Waals surface area (Å²) in [6.07, 6.45) is 4.38. The van der Waals surface area contributed by atoms with Crippen molar-refractivity contribution in [1.82, 2.24) is 20.1 Å². The Hall–Kier alpha value is -2.21. The van der Waals surface area contributed by atoms with Crippen molar-refractivity contribution in [3.8, 4) is 5.69 Å². The van der Waals surface area contributed by atoms with Crippen molar-refractivity contribution in [2.45, 2.75) is 19.4 Å². The van der Waals surface area contributed by atoms with Crippen molar-refractivity contribution in [2.75, 3.05) is 7.05 Å². The van der Waals surface area contributed by atoms with Gasteiger partial charge < -0.3 is 11.1 Å². The summed E-state index contributed by atoms with van der Waals surface area (Å²) in [4.78, 5) is 15.4. The molecule has 0 aliphatic rings. The maximum Gasteiger partial charge on any atom is 0.269 e. The molecule has 1 atom stereocenters. The zero-order valence-electron chi connectivity index (χ0n) is 11.0. The molecule has 2 rings (SSSR count). The van der Waals surface area contributed by atoms with Gasteiger partial charge in [0.1, 0.15) is 5.69 Å². The van der Waals surface area contributed by atoms with Gasteiger partial charge in [0.15, 0.2) is 0 Å². The summed E-state index contributed by atoms with van der Waals surface area (Å²) in [5, 5.41) is 7.28. The molecule has 0 radical (unpaired) electrons. The molecule has 0 bridgehead atoms. The van der Waals surface area contributed by atoms with Crippen LogP contribution in [0.2, 0.25) is 0 Å². The molecule has 6 nitrogen and oxygen atoms in total. The van der Waals surface area contributed by atoms with Crippen molar-refractivity contribution < 1.29 is 4.79 Å². The van der Waals surface area contributed by atoms with Crippen LogP contribution < -0.4 is 11.1 Å². The van der Waals surface area contributed by atoms with Crippen LogP contribution in [0.3, 0.4) is 0 Å². The summed E-state index contributed by atoms with van der Waals surface area (Å²) in [5.74, 6) is -0.537. The van der Waals surface area contributed by atoms with E-state index in [1.165, 1.54) is 0 Å². The van der Waals surface area contributed by atoms with E-state index in [9.17, 15) is 4.79 Å². The van der Waals surface area contributed by atoms with Gasteiger partial charge in [-0.2, -0.15) is 5.10 Å². The molecule has 6 heteroatoms. The van der Waals surface area contributed by atoms with Crippen molar-refractivity contribution in [3.05, 3.63) is 42.0 Å². The summed E-state index contributed by atoms with van der Waals surface area (Å²) in [6.45, 7) is 2.10. The van der Waals surface area contributed by atoms with Gasteiger partial charge in [0.2, 0.25) is 0 Å². The Labute approximate surface area is 111 Å². The monoisotopic (exact) mass is 259 g/mol. The number of nitrogens with one attached hydrogen (secondary N) is 1. The fraction of sp³-hybridized carbons (Fsp3) is 0.308. The van der Waals surface area contributed by atoms with E-state index in [0.29, 0.717) is 0 Å². The van der Waals surface area contributed by atoms with Crippen LogP contribution in [0.25, 0.3) is 5.69 Å². The first-order valence-corrected chi connectivity index (χ1v) is 6.14. The predicted molar refractivity (Wildman–Crippen MR) is 72.0 cm³/mol. The molecule has 100 valence electrons. The number of nitrogens with zero attached hydrogens (tertiary/aromatic N) is 3. The minimum absolute atomic E-state index is 0.241. The molecule has 2 heterocycles. The van der Waals surface area contributed by atoms with E-state index in [1.54, 1.807) is 23.1 Å². The molecule has 3 N–H and O–H groups in total. The number of nitrogens with two attached hydrogens (primary N) is 1. The number of carbonyl (C=O) groups is 1. The molecule has 0 saturated heterocycles. The number of carbonyl (C=O) groups excluding carboxylic acids is 1. The Bertz CT molecular complexity index is 557. The van der Waals surface area contributed by atoms with E-state index in [2.05, 4.69) is 22.3 Å². The van der Waals surface area contributed by atoms with Crippen LogP contribution in [-0.2, 0) is 0 Å². The van der Waals surface area contributed by atoms with Crippen molar-refractivity contribution >= 4 is 5.91 Å². The normalized spacial score (nSPS) is 12.3. The lowest BCUT2D eigenvalue weighted by Gasteiger charge is -2.13. The minimum atomic E-state index is -0.537. The van der Waals surface area contributed by atoms with Crippen molar-refractivity contribution in [2.24, 2.45) is 5.73 Å². The minimum Gasteiger partial charge on any atom is -0.364 e. The molecule has 0 aliphatic heterocycles. The fourth-order valence-electron chi connectivity index (χ4n) is 1.90. The Morgan fingerprint density at radius 1 is 1.47 bits per heavy atom. The third-order valence-electron chi connectivity index (χ3n) is 2.99. The Morgan fingerprint density at radius 2 is 2.26 bits per heavy atom. The van der Waals surface area contributed by atoms with Crippen LogP contribution in [0.1, 0.15) is 35.6 Å². The van der Waals surface area contributed by atoms with Gasteiger partial charge in [-0.3, -0.25) is 9.78 Å². The van der Waals surface area contributed by atoms with Gasteiger partial charge in [0.25, 0.3) is 5.91 Å². The highest BCUT2D eigenvalue weighted by Gasteiger charge is 2.09. The van der Waals surface area contributed by atoms with E-state index in [-0.39, 0.29) is 11.7 Å². The zero-order chi connectivity index (χ0) is 13.8. The lowest BCUT2D eigenvalue weighted by molar-refractivity contribution is 0.0995. The summed E-state index contributed by atoms with van der Waals surface area (Å²) < 4.78 is 1.58. The average molecular weight is 259 g/mol. The van der Waals surface area contributed by atoms with E-state index in [4.69, 9.17) is 5.73 Å². The first-order chi connectivity index (χ1) is 9.15. The smallest absolute Gasteiger partial charge is 0.269 e. The first-order valence-electron chi connectivity index (χ1n) is 6.14. The molecule has 19 heavy (non-hydrogen) atoms. The van der Waals surface area contributed by atoms with Crippen LogP contribution in [0, 0.1) is 0 Å². The number of hydrogen-bond acceptors (Lipinski definition) is 4. The maximum atomic E-state index is 11.0. The van der Waals surface area contributed by atoms with Gasteiger partial charge in [-0.25, -0.2) is 4.68 Å². The van der Waals surface area contributed by atoms with Crippen LogP contribution in [0.4, 0.5) is 0 Å². The van der Waals surface area contributed by atoms with Gasteiger partial charge in [0, 0.05) is 12.2 Å². The molecule has 0 aromatic carbocycles. The van der Waals surface area contributed by atoms with Crippen molar-refractivity contribution in [1.29, 1.82) is 0 Å². The Balaban J connectivity index is 2.24. The van der Waals surface area contributed by atoms with Crippen LogP contribution in [-0.4, -0.2) is 27.7 Å². The molecular formula is C13H17N5O. The fourth-order valence-corrected chi connectivity index (χ4v) is 1.90. The summed E-state index contributed by atoms with van der Waals surface area (Å²) in [6, 6.07) is 5.69. The summed E-state index contributed by atoms with van der Waals surface area (Å²) in [7, 11) is 1.91. The predicted octanol–water partition coefficient (Wildman–Crippen LogP) is 1.04. The highest BCUT2D eigenvalue weighted by molar-refractivity contribution is 5.90. The van der Waals surface area contributed by atoms with E-state index in [1.807, 2.05) is 19.2 Å². The third-order valence-corrected chi connectivity index (χ3v) is 2.99. The second-order valence-corrected chi connectivity index (χ2v) is 4.20. The third kappa shape index (κ3) is 2.79. The lowest BCUT2D eigenvalue weighted by Crippen LogP contribution is -2.16. The SMILES string of the molecule is CCC(NC)c1ccc(-n2ccc(C(N)=O)n2)cn1. The van der Waals surface area contributed by atoms with Crippen LogP contribution in [0.5, 0.6) is 0 Å². The number of rotatable bonds is 5. The van der Waals surface area contributed by atoms with Crippen LogP contribution >= 0.6 is 0 Å². The summed E-state index contributed by atoms with van der Waals surface area (Å²) in [5.41, 5.74) is 7.18. The zero-order valence-corrected chi connectivity index (χ0v) is 11.0. The van der Waals surface area contributed by atoms with Crippen molar-refractivity contribution in [3.63, 3.8) is 0 Å². The molecule has 0 spiro atoms. The van der Waals surface area contributed by atoms with E-state index < -0.39 is 5.91 Å². The lowest BCUT2D eigenvalue weighted by atomic mass is 10.1. The molecule has 0 fully saturated rings. The van der Waals surface area contributed by atoms with Gasteiger partial charge in [-0.05, 0) is 31.7 Å². The van der Waals surface area contributed by atoms with Gasteiger partial charge in [-0.1, -0.05) is 6.92 Å². The Kier molecular flexibility index (Phi) is 3.91. The number of primary amides is 1. The topological polar surface area (TPSA) is 85.8 Å². The summed E-state index contributed by atoms with van der Waals surface area (Å²) >= 11 is 0. The number of hydrogen-bond donors (Lipinski definition) is 2. The van der Waals surface area contributed by atoms with Gasteiger partial charge in [0.05, 0.1) is 17.6 Å². The van der Waals surface area contributed by atoms with E-state index >= 15 is 0 Å². The number of aromatic nitrogens is 3. The molecule has 2 aromatic heterocycles. The largest absolute Gasteiger partial charge is 0.364 e. The molecular weight excluding hydrogens is 242 g/mol. The van der Waals surface area contributed by atoms with Gasteiger partial charge in [-0.15, -0.1) is 0 Å². The van der Waals surface area contributed by atoms with Gasteiger partial charge >= 0.3 is 0 Å².